The van der Waals surface area contributed by atoms with Crippen LogP contribution in [0.15, 0.2) is 11.6 Å². The van der Waals surface area contributed by atoms with Gasteiger partial charge in [-0.25, -0.2) is 0 Å². The van der Waals surface area contributed by atoms with E-state index in [1.807, 2.05) is 0 Å². The monoisotopic (exact) mass is 192 g/mol. The highest BCUT2D eigenvalue weighted by molar-refractivity contribution is 5.70. The van der Waals surface area contributed by atoms with Gasteiger partial charge in [-0.15, -0.1) is 0 Å². The van der Waals surface area contributed by atoms with Crippen molar-refractivity contribution < 1.29 is 9.53 Å². The third-order valence-corrected chi connectivity index (χ3v) is 4.25. The fourth-order valence-corrected chi connectivity index (χ4v) is 3.67. The number of esters is 1. The number of allylic oxidation sites excluding steroid dienone is 2. The molecule has 0 aromatic carbocycles. The van der Waals surface area contributed by atoms with Crippen LogP contribution in [0.5, 0.6) is 0 Å². The molecule has 3 rings (SSSR count). The van der Waals surface area contributed by atoms with Crippen LogP contribution in [0.25, 0.3) is 0 Å². The Morgan fingerprint density at radius 1 is 1.50 bits per heavy atom. The van der Waals surface area contributed by atoms with Crippen molar-refractivity contribution >= 4 is 5.97 Å². The zero-order valence-electron chi connectivity index (χ0n) is 8.53. The summed E-state index contributed by atoms with van der Waals surface area (Å²) in [6.45, 7) is 2.14. The molecular formula is C12H16O2. The third kappa shape index (κ3) is 0.999. The average molecular weight is 192 g/mol. The van der Waals surface area contributed by atoms with Crippen molar-refractivity contribution in [3.8, 4) is 0 Å². The van der Waals surface area contributed by atoms with Gasteiger partial charge in [0.15, 0.2) is 0 Å². The molecule has 2 heteroatoms. The first-order chi connectivity index (χ1) is 6.79. The average Bonchev–Trinajstić information content (AvgIpc) is 2.74. The Morgan fingerprint density at radius 3 is 3.14 bits per heavy atom. The van der Waals surface area contributed by atoms with E-state index in [1.165, 1.54) is 12.8 Å². The van der Waals surface area contributed by atoms with E-state index in [9.17, 15) is 4.79 Å². The van der Waals surface area contributed by atoms with E-state index in [-0.39, 0.29) is 12.1 Å². The maximum absolute atomic E-state index is 11.2. The standard InChI is InChI=1S/C12H16O2/c1-2-7-5-8-6-10(7)9-3-4-11(13)14-12(8)9/h2,8-10,12H,3-6H2,1H3/b7-2-/t8-,9-,10-,12+/m0/s1. The second-order valence-electron chi connectivity index (χ2n) is 4.83. The van der Waals surface area contributed by atoms with Crippen LogP contribution in [0, 0.1) is 17.8 Å². The molecule has 1 heterocycles. The van der Waals surface area contributed by atoms with Crippen LogP contribution >= 0.6 is 0 Å². The second-order valence-corrected chi connectivity index (χ2v) is 4.83. The molecule has 0 aromatic heterocycles. The predicted octanol–water partition coefficient (Wildman–Crippen LogP) is 2.29. The highest BCUT2D eigenvalue weighted by Crippen LogP contribution is 2.55. The summed E-state index contributed by atoms with van der Waals surface area (Å²) >= 11 is 0. The van der Waals surface area contributed by atoms with Crippen molar-refractivity contribution in [1.82, 2.24) is 0 Å². The summed E-state index contributed by atoms with van der Waals surface area (Å²) in [7, 11) is 0. The summed E-state index contributed by atoms with van der Waals surface area (Å²) in [4.78, 5) is 11.2. The number of carbonyl (C=O) groups excluding carboxylic acids is 1. The lowest BCUT2D eigenvalue weighted by molar-refractivity contribution is -0.160. The Bertz CT molecular complexity index is 305. The van der Waals surface area contributed by atoms with Gasteiger partial charge in [0.25, 0.3) is 0 Å². The van der Waals surface area contributed by atoms with E-state index in [2.05, 4.69) is 13.0 Å². The normalized spacial score (nSPS) is 48.1. The van der Waals surface area contributed by atoms with Crippen LogP contribution in [-0.4, -0.2) is 12.1 Å². The van der Waals surface area contributed by atoms with Crippen LogP contribution in [0.4, 0.5) is 0 Å². The molecule has 0 unspecified atom stereocenters. The van der Waals surface area contributed by atoms with Crippen LogP contribution < -0.4 is 0 Å². The van der Waals surface area contributed by atoms with E-state index in [4.69, 9.17) is 4.74 Å². The van der Waals surface area contributed by atoms with Gasteiger partial charge >= 0.3 is 5.97 Å². The van der Waals surface area contributed by atoms with E-state index < -0.39 is 0 Å². The van der Waals surface area contributed by atoms with Crippen molar-refractivity contribution in [2.75, 3.05) is 0 Å². The highest BCUT2D eigenvalue weighted by Gasteiger charge is 2.53. The number of carbonyl (C=O) groups is 1. The fourth-order valence-electron chi connectivity index (χ4n) is 3.67. The van der Waals surface area contributed by atoms with Crippen molar-refractivity contribution in [1.29, 1.82) is 0 Å². The molecule has 0 amide bonds. The number of fused-ring (bicyclic) bond motifs is 5. The van der Waals surface area contributed by atoms with Gasteiger partial charge in [0.05, 0.1) is 0 Å². The topological polar surface area (TPSA) is 26.3 Å². The van der Waals surface area contributed by atoms with Crippen LogP contribution in [0.1, 0.15) is 32.6 Å². The Hall–Kier alpha value is -0.790. The number of hydrogen-bond donors (Lipinski definition) is 0. The molecular weight excluding hydrogens is 176 g/mol. The summed E-state index contributed by atoms with van der Waals surface area (Å²) in [5.74, 6) is 2.06. The molecule has 1 saturated heterocycles. The Morgan fingerprint density at radius 2 is 2.36 bits per heavy atom. The molecule has 0 N–H and O–H groups in total. The molecule has 0 radical (unpaired) electrons. The minimum atomic E-state index is 0.0285. The molecule has 14 heavy (non-hydrogen) atoms. The van der Waals surface area contributed by atoms with E-state index in [1.54, 1.807) is 5.57 Å². The first-order valence-corrected chi connectivity index (χ1v) is 5.64. The SMILES string of the molecule is C/C=C1/C[C@H]2C[C@@H]1[C@@H]1CCC(=O)O[C@H]21. The van der Waals surface area contributed by atoms with E-state index >= 15 is 0 Å². The van der Waals surface area contributed by atoms with Gasteiger partial charge in [-0.1, -0.05) is 11.6 Å². The molecule has 3 fully saturated rings. The van der Waals surface area contributed by atoms with E-state index in [0.29, 0.717) is 18.3 Å². The number of rotatable bonds is 0. The molecule has 2 bridgehead atoms. The molecule has 4 atom stereocenters. The third-order valence-electron chi connectivity index (χ3n) is 4.25. The zero-order valence-corrected chi connectivity index (χ0v) is 8.53. The van der Waals surface area contributed by atoms with Crippen LogP contribution in [0.3, 0.4) is 0 Å². The summed E-state index contributed by atoms with van der Waals surface area (Å²) in [5, 5.41) is 0. The second kappa shape index (κ2) is 2.85. The van der Waals surface area contributed by atoms with Crippen molar-refractivity contribution in [2.45, 2.75) is 38.7 Å². The molecule has 2 saturated carbocycles. The van der Waals surface area contributed by atoms with Crippen LogP contribution in [-0.2, 0) is 9.53 Å². The predicted molar refractivity (Wildman–Crippen MR) is 52.6 cm³/mol. The van der Waals surface area contributed by atoms with Crippen molar-refractivity contribution in [3.63, 3.8) is 0 Å². The summed E-state index contributed by atoms with van der Waals surface area (Å²) in [6.07, 6.45) is 6.68. The summed E-state index contributed by atoms with van der Waals surface area (Å²) < 4.78 is 5.47. The van der Waals surface area contributed by atoms with Gasteiger partial charge in [-0.2, -0.15) is 0 Å². The number of ether oxygens (including phenoxy) is 1. The maximum atomic E-state index is 11.2. The van der Waals surface area contributed by atoms with Gasteiger partial charge < -0.3 is 4.74 Å². The fraction of sp³-hybridized carbons (Fsp3) is 0.750. The smallest absolute Gasteiger partial charge is 0.306 e. The number of hydrogen-bond acceptors (Lipinski definition) is 2. The molecule has 2 aliphatic carbocycles. The highest BCUT2D eigenvalue weighted by atomic mass is 16.5. The van der Waals surface area contributed by atoms with Gasteiger partial charge in [0, 0.05) is 18.3 Å². The van der Waals surface area contributed by atoms with Gasteiger partial charge in [0.1, 0.15) is 6.10 Å². The minimum Gasteiger partial charge on any atom is -0.462 e. The summed E-state index contributed by atoms with van der Waals surface area (Å²) in [5.41, 5.74) is 1.62. The van der Waals surface area contributed by atoms with E-state index in [0.717, 1.165) is 12.3 Å². The summed E-state index contributed by atoms with van der Waals surface area (Å²) in [6, 6.07) is 0. The zero-order chi connectivity index (χ0) is 9.71. The molecule has 1 aliphatic heterocycles. The molecule has 3 aliphatic rings. The minimum absolute atomic E-state index is 0.0285. The van der Waals surface area contributed by atoms with Crippen molar-refractivity contribution in [3.05, 3.63) is 11.6 Å². The van der Waals surface area contributed by atoms with Gasteiger partial charge in [-0.3, -0.25) is 4.79 Å². The maximum Gasteiger partial charge on any atom is 0.306 e. The lowest BCUT2D eigenvalue weighted by Crippen LogP contribution is -2.37. The molecule has 0 aromatic rings. The van der Waals surface area contributed by atoms with Gasteiger partial charge in [-0.05, 0) is 32.1 Å². The van der Waals surface area contributed by atoms with Crippen molar-refractivity contribution in [2.24, 2.45) is 17.8 Å². The molecule has 76 valence electrons. The quantitative estimate of drug-likeness (QED) is 0.435. The first kappa shape index (κ1) is 8.51. The lowest BCUT2D eigenvalue weighted by Gasteiger charge is -2.35. The molecule has 0 spiro atoms. The van der Waals surface area contributed by atoms with Gasteiger partial charge in [0.2, 0.25) is 0 Å². The molecule has 2 nitrogen and oxygen atoms in total. The Kier molecular flexibility index (Phi) is 1.73. The van der Waals surface area contributed by atoms with Crippen LogP contribution in [0.2, 0.25) is 0 Å². The largest absolute Gasteiger partial charge is 0.462 e. The Balaban J connectivity index is 1.87. The Labute approximate surface area is 84.3 Å². The first-order valence-electron chi connectivity index (χ1n) is 5.64. The lowest BCUT2D eigenvalue weighted by atomic mass is 9.79.